The Balaban J connectivity index is 1.35. The molecule has 0 spiro atoms. The minimum absolute atomic E-state index is 0.187. The number of aliphatic hydroxyl groups excluding tert-OH is 1. The summed E-state index contributed by atoms with van der Waals surface area (Å²) < 4.78 is 0. The molecule has 1 atom stereocenters. The lowest BCUT2D eigenvalue weighted by Crippen LogP contribution is -2.46. The molecule has 24 heavy (non-hydrogen) atoms. The van der Waals surface area contributed by atoms with Crippen LogP contribution in [0.25, 0.3) is 0 Å². The smallest absolute Gasteiger partial charge is 0.110 e. The summed E-state index contributed by atoms with van der Waals surface area (Å²) >= 11 is 1.65. The van der Waals surface area contributed by atoms with Gasteiger partial charge in [-0.2, -0.15) is 0 Å². The van der Waals surface area contributed by atoms with E-state index in [4.69, 9.17) is 4.98 Å². The standard InChI is InChI=1S/C18H29N3O2S/c22-15-5-8-20(11-15)12-17-19-16(13-24-17)18(23)6-9-21(10-7-18)14-3-1-2-4-14/h13-15,22-23H,1-12H2/t15-/m1/s1. The van der Waals surface area contributed by atoms with E-state index < -0.39 is 5.60 Å². The Bertz CT molecular complexity index is 550. The summed E-state index contributed by atoms with van der Waals surface area (Å²) in [5.74, 6) is 0. The van der Waals surface area contributed by atoms with Crippen molar-refractivity contribution in [1.29, 1.82) is 0 Å². The van der Waals surface area contributed by atoms with Crippen LogP contribution in [0.2, 0.25) is 0 Å². The first-order valence-electron chi connectivity index (χ1n) is 9.44. The Morgan fingerprint density at radius 1 is 1.17 bits per heavy atom. The van der Waals surface area contributed by atoms with Gasteiger partial charge in [-0.15, -0.1) is 11.3 Å². The normalized spacial score (nSPS) is 29.5. The molecule has 1 aromatic heterocycles. The number of likely N-dealkylation sites (tertiary alicyclic amines) is 2. The highest BCUT2D eigenvalue weighted by atomic mass is 32.1. The van der Waals surface area contributed by atoms with Crippen LogP contribution in [0.3, 0.4) is 0 Å². The average molecular weight is 352 g/mol. The lowest BCUT2D eigenvalue weighted by molar-refractivity contribution is -0.0379. The number of nitrogens with zero attached hydrogens (tertiary/aromatic N) is 3. The van der Waals surface area contributed by atoms with Crippen LogP contribution in [0.1, 0.15) is 55.6 Å². The van der Waals surface area contributed by atoms with E-state index in [-0.39, 0.29) is 6.10 Å². The number of aromatic nitrogens is 1. The number of rotatable bonds is 4. The first-order valence-corrected chi connectivity index (χ1v) is 10.3. The third-order valence-electron chi connectivity index (χ3n) is 6.10. The fraction of sp³-hybridized carbons (Fsp3) is 0.833. The second kappa shape index (κ2) is 7.00. The summed E-state index contributed by atoms with van der Waals surface area (Å²) in [6.45, 7) is 4.47. The van der Waals surface area contributed by atoms with Crippen LogP contribution in [-0.4, -0.2) is 63.3 Å². The highest BCUT2D eigenvalue weighted by molar-refractivity contribution is 7.09. The first-order chi connectivity index (χ1) is 11.6. The van der Waals surface area contributed by atoms with E-state index in [1.165, 1.54) is 25.7 Å². The molecule has 0 unspecified atom stereocenters. The maximum absolute atomic E-state index is 11.1. The number of piperidine rings is 1. The predicted octanol–water partition coefficient (Wildman–Crippen LogP) is 1.94. The zero-order valence-corrected chi connectivity index (χ0v) is 15.2. The SMILES string of the molecule is O[C@@H]1CCN(Cc2nc(C3(O)CCN(C4CCCC4)CC3)cs2)C1. The quantitative estimate of drug-likeness (QED) is 0.868. The maximum atomic E-state index is 11.1. The van der Waals surface area contributed by atoms with Crippen molar-refractivity contribution in [2.24, 2.45) is 0 Å². The van der Waals surface area contributed by atoms with Gasteiger partial charge >= 0.3 is 0 Å². The van der Waals surface area contributed by atoms with Crippen molar-refractivity contribution in [1.82, 2.24) is 14.8 Å². The van der Waals surface area contributed by atoms with Gasteiger partial charge in [0, 0.05) is 37.6 Å². The Kier molecular flexibility index (Phi) is 4.93. The van der Waals surface area contributed by atoms with Crippen LogP contribution < -0.4 is 0 Å². The number of hydrogen-bond donors (Lipinski definition) is 2. The van der Waals surface area contributed by atoms with Gasteiger partial charge in [0.15, 0.2) is 0 Å². The van der Waals surface area contributed by atoms with Crippen molar-refractivity contribution in [3.63, 3.8) is 0 Å². The summed E-state index contributed by atoms with van der Waals surface area (Å²) in [4.78, 5) is 9.58. The van der Waals surface area contributed by atoms with Gasteiger partial charge in [0.25, 0.3) is 0 Å². The molecule has 0 aromatic carbocycles. The monoisotopic (exact) mass is 351 g/mol. The highest BCUT2D eigenvalue weighted by Crippen LogP contribution is 2.36. The molecule has 3 heterocycles. The second-order valence-electron chi connectivity index (χ2n) is 7.81. The number of hydrogen-bond acceptors (Lipinski definition) is 6. The van der Waals surface area contributed by atoms with Crippen molar-refractivity contribution >= 4 is 11.3 Å². The maximum Gasteiger partial charge on any atom is 0.110 e. The van der Waals surface area contributed by atoms with Crippen molar-refractivity contribution in [3.8, 4) is 0 Å². The van der Waals surface area contributed by atoms with E-state index in [9.17, 15) is 10.2 Å². The van der Waals surface area contributed by atoms with E-state index in [1.54, 1.807) is 11.3 Å². The molecule has 0 radical (unpaired) electrons. The van der Waals surface area contributed by atoms with Crippen molar-refractivity contribution in [2.75, 3.05) is 26.2 Å². The molecule has 2 saturated heterocycles. The van der Waals surface area contributed by atoms with Gasteiger partial charge < -0.3 is 15.1 Å². The average Bonchev–Trinajstić information content (AvgIpc) is 3.31. The molecule has 3 fully saturated rings. The number of aliphatic hydroxyl groups is 2. The Labute approximate surface area is 148 Å². The summed E-state index contributed by atoms with van der Waals surface area (Å²) in [5, 5.41) is 23.8. The minimum Gasteiger partial charge on any atom is -0.392 e. The van der Waals surface area contributed by atoms with Crippen LogP contribution in [0.5, 0.6) is 0 Å². The van der Waals surface area contributed by atoms with E-state index in [2.05, 4.69) is 9.80 Å². The first kappa shape index (κ1) is 16.9. The predicted molar refractivity (Wildman–Crippen MR) is 95.0 cm³/mol. The van der Waals surface area contributed by atoms with E-state index in [0.717, 1.165) is 68.7 Å². The van der Waals surface area contributed by atoms with Crippen molar-refractivity contribution < 1.29 is 10.2 Å². The third kappa shape index (κ3) is 3.53. The topological polar surface area (TPSA) is 59.8 Å². The van der Waals surface area contributed by atoms with Gasteiger partial charge in [-0.05, 0) is 32.1 Å². The fourth-order valence-corrected chi connectivity index (χ4v) is 5.46. The Hall–Kier alpha value is -0.530. The van der Waals surface area contributed by atoms with Gasteiger partial charge in [0.05, 0.1) is 18.3 Å². The van der Waals surface area contributed by atoms with Gasteiger partial charge in [-0.3, -0.25) is 4.90 Å². The van der Waals surface area contributed by atoms with Gasteiger partial charge in [0.2, 0.25) is 0 Å². The lowest BCUT2D eigenvalue weighted by atomic mass is 9.88. The molecule has 4 rings (SSSR count). The summed E-state index contributed by atoms with van der Waals surface area (Å²) in [5.41, 5.74) is 0.127. The third-order valence-corrected chi connectivity index (χ3v) is 6.93. The van der Waals surface area contributed by atoms with Gasteiger partial charge in [-0.1, -0.05) is 12.8 Å². The molecule has 1 aromatic rings. The number of thiazole rings is 1. The van der Waals surface area contributed by atoms with Crippen LogP contribution in [-0.2, 0) is 12.1 Å². The van der Waals surface area contributed by atoms with Crippen LogP contribution in [0.4, 0.5) is 0 Å². The molecule has 2 aliphatic heterocycles. The Morgan fingerprint density at radius 3 is 2.58 bits per heavy atom. The highest BCUT2D eigenvalue weighted by Gasteiger charge is 2.38. The summed E-state index contributed by atoms with van der Waals surface area (Å²) in [6, 6.07) is 0.752. The Morgan fingerprint density at radius 2 is 1.92 bits per heavy atom. The minimum atomic E-state index is -0.742. The molecule has 2 N–H and O–H groups in total. The molecular weight excluding hydrogens is 322 g/mol. The van der Waals surface area contributed by atoms with Gasteiger partial charge in [-0.25, -0.2) is 4.98 Å². The van der Waals surface area contributed by atoms with Gasteiger partial charge in [0.1, 0.15) is 10.6 Å². The molecule has 3 aliphatic rings. The molecular formula is C18H29N3O2S. The van der Waals surface area contributed by atoms with Crippen molar-refractivity contribution in [3.05, 3.63) is 16.1 Å². The molecule has 0 bridgehead atoms. The molecule has 0 amide bonds. The number of β-amino-alcohol motifs (C(OH)–C–C–N with tert-alkyl or cyclic N) is 1. The summed E-state index contributed by atoms with van der Waals surface area (Å²) in [6.07, 6.45) is 7.68. The van der Waals surface area contributed by atoms with Crippen LogP contribution in [0, 0.1) is 0 Å². The zero-order chi connectivity index (χ0) is 16.6. The van der Waals surface area contributed by atoms with Crippen molar-refractivity contribution in [2.45, 2.75) is 69.2 Å². The lowest BCUT2D eigenvalue weighted by Gasteiger charge is -2.40. The van der Waals surface area contributed by atoms with E-state index >= 15 is 0 Å². The second-order valence-corrected chi connectivity index (χ2v) is 8.75. The van der Waals surface area contributed by atoms with Crippen LogP contribution in [0.15, 0.2) is 5.38 Å². The van der Waals surface area contributed by atoms with E-state index in [1.807, 2.05) is 5.38 Å². The molecule has 1 saturated carbocycles. The molecule has 134 valence electrons. The molecule has 1 aliphatic carbocycles. The van der Waals surface area contributed by atoms with E-state index in [0.29, 0.717) is 0 Å². The molecule has 5 nitrogen and oxygen atoms in total. The molecule has 6 heteroatoms. The zero-order valence-electron chi connectivity index (χ0n) is 14.4. The van der Waals surface area contributed by atoms with Crippen LogP contribution >= 0.6 is 11.3 Å². The summed E-state index contributed by atoms with van der Waals surface area (Å²) in [7, 11) is 0. The fourth-order valence-electron chi connectivity index (χ4n) is 4.53. The largest absolute Gasteiger partial charge is 0.392 e.